The highest BCUT2D eigenvalue weighted by Gasteiger charge is 2.24. The minimum atomic E-state index is -1.54. The van der Waals surface area contributed by atoms with E-state index in [1.165, 1.54) is 0 Å². The summed E-state index contributed by atoms with van der Waals surface area (Å²) in [5.74, 6) is -4.61. The number of aryl methyl sites for hydroxylation is 2. The summed E-state index contributed by atoms with van der Waals surface area (Å²) in [6, 6.07) is 11.0. The lowest BCUT2D eigenvalue weighted by Crippen LogP contribution is -2.35. The number of carboxylic acid groups (broad SMARTS) is 1. The highest BCUT2D eigenvalue weighted by molar-refractivity contribution is 5.93. The maximum atomic E-state index is 14.1. The zero-order valence-electron chi connectivity index (χ0n) is 24.7. The lowest BCUT2D eigenvalue weighted by molar-refractivity contribution is -0.134. The SMILES string of the molecule is CC.CC(=O)O.Cc1cccc(C)c1N(C)c1cc(-c2cc(F)c(F)c(F)c2)nc2cc(C(=O)N3CCCCC3)nn12. The van der Waals surface area contributed by atoms with E-state index in [9.17, 15) is 18.0 Å². The Labute approximate surface area is 243 Å². The molecule has 0 aliphatic carbocycles. The van der Waals surface area contributed by atoms with Gasteiger partial charge in [0.25, 0.3) is 11.9 Å². The van der Waals surface area contributed by atoms with Gasteiger partial charge in [-0.15, -0.1) is 0 Å². The number of rotatable bonds is 4. The summed E-state index contributed by atoms with van der Waals surface area (Å²) in [5, 5.41) is 12.0. The van der Waals surface area contributed by atoms with Crippen LogP contribution in [-0.2, 0) is 4.79 Å². The van der Waals surface area contributed by atoms with E-state index in [1.54, 1.807) is 21.5 Å². The van der Waals surface area contributed by atoms with Crippen molar-refractivity contribution in [3.8, 4) is 11.3 Å². The average Bonchev–Trinajstić information content (AvgIpc) is 3.40. The summed E-state index contributed by atoms with van der Waals surface area (Å²) in [6.45, 7) is 10.4. The Balaban J connectivity index is 0.000000745. The van der Waals surface area contributed by atoms with Gasteiger partial charge in [-0.05, 0) is 56.4 Å². The Morgan fingerprint density at radius 2 is 1.48 bits per heavy atom. The number of aromatic nitrogens is 3. The van der Waals surface area contributed by atoms with E-state index in [4.69, 9.17) is 9.90 Å². The summed E-state index contributed by atoms with van der Waals surface area (Å²) < 4.78 is 43.3. The van der Waals surface area contributed by atoms with Crippen molar-refractivity contribution in [2.75, 3.05) is 25.0 Å². The second-order valence-corrected chi connectivity index (χ2v) is 9.72. The first-order chi connectivity index (χ1) is 20.0. The van der Waals surface area contributed by atoms with Crippen LogP contribution in [0, 0.1) is 31.3 Å². The van der Waals surface area contributed by atoms with Gasteiger partial charge in [0.15, 0.2) is 28.8 Å². The van der Waals surface area contributed by atoms with Gasteiger partial charge in [-0.2, -0.15) is 9.61 Å². The molecule has 3 heterocycles. The maximum absolute atomic E-state index is 14.1. The molecule has 1 N–H and O–H groups in total. The number of fused-ring (bicyclic) bond motifs is 1. The molecule has 0 saturated carbocycles. The van der Waals surface area contributed by atoms with E-state index in [2.05, 4.69) is 10.1 Å². The van der Waals surface area contributed by atoms with Crippen molar-refractivity contribution in [3.63, 3.8) is 0 Å². The monoisotopic (exact) mass is 583 g/mol. The van der Waals surface area contributed by atoms with Gasteiger partial charge in [0.05, 0.1) is 5.69 Å². The van der Waals surface area contributed by atoms with Crippen LogP contribution in [0.5, 0.6) is 0 Å². The zero-order valence-corrected chi connectivity index (χ0v) is 24.7. The van der Waals surface area contributed by atoms with Crippen molar-refractivity contribution in [3.05, 3.63) is 76.7 Å². The van der Waals surface area contributed by atoms with Gasteiger partial charge in [-0.25, -0.2) is 18.2 Å². The molecule has 0 radical (unpaired) electrons. The molecule has 0 spiro atoms. The van der Waals surface area contributed by atoms with Gasteiger partial charge in [0, 0.05) is 50.4 Å². The van der Waals surface area contributed by atoms with Crippen LogP contribution in [0.4, 0.5) is 24.7 Å². The number of benzene rings is 2. The van der Waals surface area contributed by atoms with E-state index < -0.39 is 23.4 Å². The van der Waals surface area contributed by atoms with Crippen LogP contribution in [0.2, 0.25) is 0 Å². The van der Waals surface area contributed by atoms with Crippen LogP contribution in [0.3, 0.4) is 0 Å². The summed E-state index contributed by atoms with van der Waals surface area (Å²) in [6.07, 6.45) is 2.99. The summed E-state index contributed by atoms with van der Waals surface area (Å²) in [7, 11) is 1.85. The number of likely N-dealkylation sites (tertiary alicyclic amines) is 1. The quantitative estimate of drug-likeness (QED) is 0.262. The summed E-state index contributed by atoms with van der Waals surface area (Å²) in [5.41, 5.74) is 3.84. The first-order valence-electron chi connectivity index (χ1n) is 13.8. The number of hydrogen-bond acceptors (Lipinski definition) is 5. The molecule has 0 unspecified atom stereocenters. The van der Waals surface area contributed by atoms with Crippen molar-refractivity contribution >= 4 is 29.0 Å². The predicted octanol–water partition coefficient (Wildman–Crippen LogP) is 6.94. The van der Waals surface area contributed by atoms with Crippen LogP contribution >= 0.6 is 0 Å². The number of aliphatic carboxylic acids is 1. The predicted molar refractivity (Wildman–Crippen MR) is 157 cm³/mol. The van der Waals surface area contributed by atoms with Gasteiger partial charge < -0.3 is 14.9 Å². The first-order valence-corrected chi connectivity index (χ1v) is 13.8. The van der Waals surface area contributed by atoms with E-state index in [0.29, 0.717) is 24.6 Å². The minimum Gasteiger partial charge on any atom is -0.481 e. The molecular formula is C31H36F3N5O3. The number of para-hydroxylation sites is 1. The topological polar surface area (TPSA) is 91.0 Å². The maximum Gasteiger partial charge on any atom is 0.300 e. The van der Waals surface area contributed by atoms with Crippen LogP contribution in [0.1, 0.15) is 61.6 Å². The molecule has 224 valence electrons. The van der Waals surface area contributed by atoms with Gasteiger partial charge in [-0.1, -0.05) is 32.0 Å². The number of carbonyl (C=O) groups excluding carboxylic acids is 1. The number of piperidine rings is 1. The van der Waals surface area contributed by atoms with Crippen LogP contribution in [-0.4, -0.2) is 56.6 Å². The molecule has 8 nitrogen and oxygen atoms in total. The van der Waals surface area contributed by atoms with Crippen LogP contribution < -0.4 is 4.90 Å². The molecule has 1 fully saturated rings. The van der Waals surface area contributed by atoms with E-state index >= 15 is 0 Å². The molecule has 5 rings (SSSR count). The molecule has 1 aliphatic rings. The number of anilines is 2. The van der Waals surface area contributed by atoms with Crippen molar-refractivity contribution in [2.45, 2.75) is 53.9 Å². The van der Waals surface area contributed by atoms with Gasteiger partial charge >= 0.3 is 0 Å². The fourth-order valence-corrected chi connectivity index (χ4v) is 4.86. The number of nitrogens with zero attached hydrogens (tertiary/aromatic N) is 5. The van der Waals surface area contributed by atoms with Crippen LogP contribution in [0.15, 0.2) is 42.5 Å². The normalized spacial score (nSPS) is 12.6. The largest absolute Gasteiger partial charge is 0.481 e. The van der Waals surface area contributed by atoms with E-state index in [1.807, 2.05) is 57.8 Å². The second kappa shape index (κ2) is 14.0. The fourth-order valence-electron chi connectivity index (χ4n) is 4.86. The lowest BCUT2D eigenvalue weighted by Gasteiger charge is -2.26. The molecule has 1 amide bonds. The fraction of sp³-hybridized carbons (Fsp3) is 0.355. The van der Waals surface area contributed by atoms with Crippen molar-refractivity contribution in [1.82, 2.24) is 19.5 Å². The number of carboxylic acids is 1. The molecule has 4 aromatic rings. The van der Waals surface area contributed by atoms with E-state index in [-0.39, 0.29) is 22.9 Å². The summed E-state index contributed by atoms with van der Waals surface area (Å²) >= 11 is 0. The molecule has 2 aromatic heterocycles. The van der Waals surface area contributed by atoms with Gasteiger partial charge in [0.2, 0.25) is 0 Å². The number of amides is 1. The second-order valence-electron chi connectivity index (χ2n) is 9.72. The van der Waals surface area contributed by atoms with E-state index in [0.717, 1.165) is 55.1 Å². The molecule has 1 saturated heterocycles. The van der Waals surface area contributed by atoms with Crippen molar-refractivity contribution < 1.29 is 27.9 Å². The zero-order chi connectivity index (χ0) is 31.1. The van der Waals surface area contributed by atoms with Crippen molar-refractivity contribution in [2.24, 2.45) is 0 Å². The number of halogens is 3. The number of hydrogen-bond donors (Lipinski definition) is 1. The molecular weight excluding hydrogens is 547 g/mol. The molecule has 1 aliphatic heterocycles. The Morgan fingerprint density at radius 1 is 0.929 bits per heavy atom. The highest BCUT2D eigenvalue weighted by Crippen LogP contribution is 2.33. The third-order valence-electron chi connectivity index (χ3n) is 6.67. The smallest absolute Gasteiger partial charge is 0.300 e. The average molecular weight is 584 g/mol. The summed E-state index contributed by atoms with van der Waals surface area (Å²) in [4.78, 5) is 30.4. The third kappa shape index (κ3) is 7.07. The van der Waals surface area contributed by atoms with Gasteiger partial charge in [0.1, 0.15) is 5.82 Å². The Kier molecular flexibility index (Phi) is 10.7. The van der Waals surface area contributed by atoms with Crippen LogP contribution in [0.25, 0.3) is 16.9 Å². The molecule has 0 bridgehead atoms. The highest BCUT2D eigenvalue weighted by atomic mass is 19.2. The number of carbonyl (C=O) groups is 2. The minimum absolute atomic E-state index is 0.0789. The van der Waals surface area contributed by atoms with Gasteiger partial charge in [-0.3, -0.25) is 9.59 Å². The standard InChI is InChI=1S/C27H26F3N5O.C2H4O2.C2H6/c1-16-8-7-9-17(2)26(16)33(3)24-15-21(18-12-19(28)25(30)20(29)13-18)31-23-14-22(32-35(23)24)27(36)34-10-5-4-6-11-34;1-2(3)4;1-2/h7-9,12-15H,4-6,10-11H2,1-3H3;1H3,(H,3,4);1-2H3. The Bertz CT molecular complexity index is 1530. The molecule has 11 heteroatoms. The Hall–Kier alpha value is -4.41. The Morgan fingerprint density at radius 3 is 2.02 bits per heavy atom. The van der Waals surface area contributed by atoms with Crippen molar-refractivity contribution in [1.29, 1.82) is 0 Å². The molecule has 0 atom stereocenters. The molecule has 42 heavy (non-hydrogen) atoms. The molecule has 2 aromatic carbocycles. The third-order valence-corrected chi connectivity index (χ3v) is 6.67. The first kappa shape index (κ1) is 32.1. The lowest BCUT2D eigenvalue weighted by atomic mass is 10.1.